The van der Waals surface area contributed by atoms with Crippen LogP contribution in [0.25, 0.3) is 10.9 Å². The minimum absolute atomic E-state index is 0.0586. The Kier molecular flexibility index (Phi) is 4.44. The van der Waals surface area contributed by atoms with E-state index >= 15 is 0 Å². The molecule has 4 aliphatic rings. The lowest BCUT2D eigenvalue weighted by atomic mass is 9.49. The summed E-state index contributed by atoms with van der Waals surface area (Å²) in [6, 6.07) is 12.3. The fourth-order valence-corrected chi connectivity index (χ4v) is 7.91. The van der Waals surface area contributed by atoms with Crippen LogP contribution in [0.5, 0.6) is 11.5 Å². The number of hydrogen-bond acceptors (Lipinski definition) is 4. The number of aliphatic hydroxyl groups is 1. The lowest BCUT2D eigenvalue weighted by Gasteiger charge is -2.62. The number of benzene rings is 2. The number of aromatic amines is 1. The normalized spacial score (nSPS) is 30.8. The van der Waals surface area contributed by atoms with Crippen molar-refractivity contribution in [2.75, 3.05) is 13.1 Å². The van der Waals surface area contributed by atoms with Gasteiger partial charge in [0.25, 0.3) is 0 Å². The van der Waals surface area contributed by atoms with Gasteiger partial charge < -0.3 is 19.9 Å². The summed E-state index contributed by atoms with van der Waals surface area (Å²) >= 11 is 0. The van der Waals surface area contributed by atoms with E-state index in [0.717, 1.165) is 42.7 Å². The number of rotatable bonds is 6. The summed E-state index contributed by atoms with van der Waals surface area (Å²) in [5, 5.41) is 24.8. The summed E-state index contributed by atoms with van der Waals surface area (Å²) in [4.78, 5) is 6.23. The van der Waals surface area contributed by atoms with E-state index in [-0.39, 0.29) is 17.9 Å². The number of aromatic hydroxyl groups is 1. The van der Waals surface area contributed by atoms with Crippen molar-refractivity contribution in [3.8, 4) is 11.5 Å². The second kappa shape index (κ2) is 7.25. The fourth-order valence-electron chi connectivity index (χ4n) is 7.91. The van der Waals surface area contributed by atoms with Gasteiger partial charge in [-0.2, -0.15) is 0 Å². The summed E-state index contributed by atoms with van der Waals surface area (Å²) in [5.74, 6) is 0.790. The number of fused-ring (bicyclic) bond motifs is 4. The van der Waals surface area contributed by atoms with Gasteiger partial charge in [0.05, 0.1) is 16.7 Å². The predicted molar refractivity (Wildman–Crippen MR) is 133 cm³/mol. The van der Waals surface area contributed by atoms with Gasteiger partial charge in [0.2, 0.25) is 0 Å². The zero-order valence-electron chi connectivity index (χ0n) is 19.9. The number of phenolic OH excluding ortho intramolecular Hbond substituents is 1. The van der Waals surface area contributed by atoms with Gasteiger partial charge >= 0.3 is 0 Å². The molecule has 5 nitrogen and oxygen atoms in total. The minimum Gasteiger partial charge on any atom is -0.504 e. The molecule has 0 amide bonds. The average molecular weight is 459 g/mol. The Bertz CT molecular complexity index is 1280. The molecule has 2 aromatic carbocycles. The van der Waals surface area contributed by atoms with Gasteiger partial charge in [-0.1, -0.05) is 56.9 Å². The highest BCUT2D eigenvalue weighted by molar-refractivity contribution is 5.86. The number of piperidine rings is 1. The number of nitrogens with one attached hydrogen (secondary N) is 1. The third-order valence-corrected chi connectivity index (χ3v) is 9.43. The van der Waals surface area contributed by atoms with Crippen LogP contribution in [0.1, 0.15) is 73.9 Å². The van der Waals surface area contributed by atoms with Crippen molar-refractivity contribution in [1.82, 2.24) is 9.88 Å². The van der Waals surface area contributed by atoms with Crippen LogP contribution in [0.3, 0.4) is 0 Å². The number of nitrogens with zero attached hydrogens (tertiary/aromatic N) is 1. The van der Waals surface area contributed by atoms with Crippen molar-refractivity contribution in [1.29, 1.82) is 0 Å². The van der Waals surface area contributed by atoms with Crippen LogP contribution in [0.15, 0.2) is 36.4 Å². The molecule has 3 N–H and O–H groups in total. The van der Waals surface area contributed by atoms with Gasteiger partial charge in [-0.05, 0) is 55.6 Å². The molecule has 1 aromatic heterocycles. The van der Waals surface area contributed by atoms with Gasteiger partial charge in [0, 0.05) is 28.9 Å². The third-order valence-electron chi connectivity index (χ3n) is 9.43. The van der Waals surface area contributed by atoms with Crippen molar-refractivity contribution >= 4 is 10.9 Å². The number of H-pyrrole nitrogens is 1. The van der Waals surface area contributed by atoms with Crippen LogP contribution in [0, 0.1) is 0 Å². The maximum Gasteiger partial charge on any atom is 0.166 e. The molecule has 3 heterocycles. The first-order valence-corrected chi connectivity index (χ1v) is 13.2. The molecule has 0 radical (unpaired) electrons. The lowest BCUT2D eigenvalue weighted by Crippen LogP contribution is -2.74. The van der Waals surface area contributed by atoms with Crippen LogP contribution in [0.4, 0.5) is 0 Å². The molecule has 1 saturated heterocycles. The molecule has 2 aliphatic heterocycles. The van der Waals surface area contributed by atoms with Crippen LogP contribution in [0.2, 0.25) is 0 Å². The maximum absolute atomic E-state index is 12.8. The van der Waals surface area contributed by atoms with Gasteiger partial charge in [0.15, 0.2) is 17.6 Å². The maximum atomic E-state index is 12.8. The quantitative estimate of drug-likeness (QED) is 0.448. The molecule has 178 valence electrons. The van der Waals surface area contributed by atoms with Crippen LogP contribution in [-0.4, -0.2) is 44.8 Å². The molecule has 3 aromatic rings. The lowest BCUT2D eigenvalue weighted by molar-refractivity contribution is -0.172. The molecular formula is C29H34N2O3. The molecule has 2 bridgehead atoms. The highest BCUT2D eigenvalue weighted by Crippen LogP contribution is 2.68. The Labute approximate surface area is 200 Å². The van der Waals surface area contributed by atoms with E-state index in [9.17, 15) is 10.2 Å². The Hall–Kier alpha value is -2.50. The van der Waals surface area contributed by atoms with Crippen LogP contribution >= 0.6 is 0 Å². The van der Waals surface area contributed by atoms with Crippen molar-refractivity contribution in [2.24, 2.45) is 0 Å². The number of likely N-dealkylation sites (tertiary alicyclic amines) is 1. The molecule has 4 atom stereocenters. The molecule has 1 fully saturated rings. The smallest absolute Gasteiger partial charge is 0.166 e. The molecule has 7 rings (SSSR count). The van der Waals surface area contributed by atoms with Crippen LogP contribution < -0.4 is 4.74 Å². The fraction of sp³-hybridized carbons (Fsp3) is 0.517. The van der Waals surface area contributed by atoms with Crippen molar-refractivity contribution < 1.29 is 14.9 Å². The first-order valence-electron chi connectivity index (χ1n) is 13.2. The number of hydrogen-bond donors (Lipinski definition) is 3. The number of para-hydroxylation sites is 1. The Morgan fingerprint density at radius 1 is 1.12 bits per heavy atom. The van der Waals surface area contributed by atoms with Gasteiger partial charge in [-0.15, -0.1) is 0 Å². The standard InChI is InChI=1S/C29H34N2O3/c1-2-3-4-5-8-14-31-15-13-28-24-18-11-12-22(32)26(24)34-27(28)25-20(17-29(28,33)23(31)16-18)19-9-6-7-10-21(19)30-25/h6-7,9-12,23,27,30,32-33H,2-5,8,13-17H2,1H3/t23-,27-,28-,29+/m0/s1. The van der Waals surface area contributed by atoms with Crippen molar-refractivity contribution in [2.45, 2.75) is 81.5 Å². The molecule has 2 aliphatic carbocycles. The molecule has 1 spiro atoms. The second-order valence-electron chi connectivity index (χ2n) is 11.0. The minimum atomic E-state index is -0.927. The summed E-state index contributed by atoms with van der Waals surface area (Å²) in [5.41, 5.74) is 4.22. The monoisotopic (exact) mass is 458 g/mol. The molecule has 34 heavy (non-hydrogen) atoms. The van der Waals surface area contributed by atoms with Gasteiger partial charge in [-0.25, -0.2) is 0 Å². The van der Waals surface area contributed by atoms with Crippen molar-refractivity contribution in [3.63, 3.8) is 0 Å². The van der Waals surface area contributed by atoms with E-state index in [1.165, 1.54) is 48.6 Å². The Morgan fingerprint density at radius 3 is 2.85 bits per heavy atom. The number of ether oxygens (including phenoxy) is 1. The van der Waals surface area contributed by atoms with E-state index in [4.69, 9.17) is 4.74 Å². The van der Waals surface area contributed by atoms with E-state index in [2.05, 4.69) is 47.1 Å². The zero-order chi connectivity index (χ0) is 23.1. The summed E-state index contributed by atoms with van der Waals surface area (Å²) in [6.07, 6.45) is 8.28. The van der Waals surface area contributed by atoms with Crippen LogP contribution in [-0.2, 0) is 18.3 Å². The molecule has 0 unspecified atom stereocenters. The van der Waals surface area contributed by atoms with E-state index < -0.39 is 11.0 Å². The molecule has 5 heteroatoms. The van der Waals surface area contributed by atoms with Gasteiger partial charge in [-0.3, -0.25) is 4.90 Å². The largest absolute Gasteiger partial charge is 0.504 e. The number of unbranched alkanes of at least 4 members (excludes halogenated alkanes) is 4. The van der Waals surface area contributed by atoms with E-state index in [0.29, 0.717) is 12.2 Å². The van der Waals surface area contributed by atoms with Gasteiger partial charge in [0.1, 0.15) is 0 Å². The summed E-state index contributed by atoms with van der Waals surface area (Å²) in [6.45, 7) is 4.26. The third kappa shape index (κ3) is 2.47. The SMILES string of the molecule is CCCCCCCN1CC[C@]23c4c5ccc(O)c4O[C@H]2c2[nH]c4ccccc4c2C[C@@]3(O)[C@@H]1C5. The zero-order valence-corrected chi connectivity index (χ0v) is 19.9. The molecule has 0 saturated carbocycles. The Balaban J connectivity index is 1.37. The highest BCUT2D eigenvalue weighted by atomic mass is 16.5. The molecular weight excluding hydrogens is 424 g/mol. The first kappa shape index (κ1) is 20.8. The second-order valence-corrected chi connectivity index (χ2v) is 11.0. The first-order chi connectivity index (χ1) is 16.6. The van der Waals surface area contributed by atoms with Crippen molar-refractivity contribution in [3.05, 3.63) is 58.8 Å². The summed E-state index contributed by atoms with van der Waals surface area (Å²) in [7, 11) is 0. The van der Waals surface area contributed by atoms with E-state index in [1.54, 1.807) is 6.07 Å². The Morgan fingerprint density at radius 2 is 1.97 bits per heavy atom. The predicted octanol–water partition coefficient (Wildman–Crippen LogP) is 5.13. The van der Waals surface area contributed by atoms with E-state index in [1.807, 2.05) is 0 Å². The summed E-state index contributed by atoms with van der Waals surface area (Å²) < 4.78 is 6.63. The highest BCUT2D eigenvalue weighted by Gasteiger charge is 2.72. The average Bonchev–Trinajstić information content (AvgIpc) is 3.37. The number of aromatic nitrogens is 1. The number of phenols is 1. The topological polar surface area (TPSA) is 68.7 Å².